The fourth-order valence-electron chi connectivity index (χ4n) is 3.44. The van der Waals surface area contributed by atoms with Crippen molar-refractivity contribution in [1.82, 2.24) is 0 Å². The van der Waals surface area contributed by atoms with Gasteiger partial charge >= 0.3 is 6.61 Å². The number of rotatable bonds is 5. The van der Waals surface area contributed by atoms with Crippen molar-refractivity contribution >= 4 is 5.57 Å². The molecule has 0 radical (unpaired) electrons. The molecule has 2 aromatic rings. The van der Waals surface area contributed by atoms with Gasteiger partial charge in [-0.25, -0.2) is 17.6 Å². The number of alkyl halides is 3. The lowest BCUT2D eigenvalue weighted by Gasteiger charge is -2.33. The number of benzene rings is 2. The normalized spacial score (nSPS) is 21.4. The number of hydrogen-bond donors (Lipinski definition) is 0. The number of ether oxygens (including phenoxy) is 1. The third kappa shape index (κ3) is 3.45. The van der Waals surface area contributed by atoms with Gasteiger partial charge in [0.15, 0.2) is 6.17 Å². The molecule has 2 unspecified atom stereocenters. The van der Waals surface area contributed by atoms with Crippen LogP contribution in [0.1, 0.15) is 18.9 Å². The molecule has 0 bridgehead atoms. The first-order valence-corrected chi connectivity index (χ1v) is 8.92. The van der Waals surface area contributed by atoms with E-state index in [2.05, 4.69) is 4.74 Å². The van der Waals surface area contributed by atoms with E-state index < -0.39 is 58.1 Å². The molecule has 0 amide bonds. The topological polar surface area (TPSA) is 33.0 Å². The molecule has 0 aliphatic heterocycles. The van der Waals surface area contributed by atoms with Crippen LogP contribution >= 0.6 is 0 Å². The average molecular weight is 423 g/mol. The van der Waals surface area contributed by atoms with Crippen molar-refractivity contribution in [3.05, 3.63) is 77.3 Å². The van der Waals surface area contributed by atoms with Gasteiger partial charge in [-0.05, 0) is 24.1 Å². The molecule has 0 fully saturated rings. The third-order valence-corrected chi connectivity index (χ3v) is 5.05. The van der Waals surface area contributed by atoms with E-state index in [0.29, 0.717) is 6.08 Å². The monoisotopic (exact) mass is 423 g/mol. The van der Waals surface area contributed by atoms with Gasteiger partial charge in [0.1, 0.15) is 28.6 Å². The zero-order chi connectivity index (χ0) is 22.1. The van der Waals surface area contributed by atoms with Gasteiger partial charge in [-0.1, -0.05) is 37.3 Å². The van der Waals surface area contributed by atoms with Gasteiger partial charge in [0.2, 0.25) is 0 Å². The Morgan fingerprint density at radius 2 is 1.77 bits per heavy atom. The molecule has 1 aliphatic carbocycles. The van der Waals surface area contributed by atoms with Crippen LogP contribution in [0, 0.1) is 28.4 Å². The van der Waals surface area contributed by atoms with Crippen LogP contribution in [0.2, 0.25) is 0 Å². The largest absolute Gasteiger partial charge is 0.434 e. The SMILES string of the molecule is CCC1(C#N)C(F)=CC(OC(F)F)=C(c2ccc(F)c(-c3ccccc3)c2F)C1F. The van der Waals surface area contributed by atoms with Crippen LogP contribution in [0.15, 0.2) is 60.1 Å². The summed E-state index contributed by atoms with van der Waals surface area (Å²) in [6.45, 7) is -2.13. The summed E-state index contributed by atoms with van der Waals surface area (Å²) in [5, 5.41) is 9.43. The van der Waals surface area contributed by atoms with E-state index in [1.807, 2.05) is 0 Å². The molecular formula is C22H15F6NO. The maximum Gasteiger partial charge on any atom is 0.387 e. The summed E-state index contributed by atoms with van der Waals surface area (Å²) in [4.78, 5) is 0. The summed E-state index contributed by atoms with van der Waals surface area (Å²) >= 11 is 0. The summed E-state index contributed by atoms with van der Waals surface area (Å²) < 4.78 is 89.8. The van der Waals surface area contributed by atoms with Crippen molar-refractivity contribution in [3.8, 4) is 17.2 Å². The average Bonchev–Trinajstić information content (AvgIpc) is 2.71. The zero-order valence-corrected chi connectivity index (χ0v) is 15.6. The Bertz CT molecular complexity index is 1060. The lowest BCUT2D eigenvalue weighted by molar-refractivity contribution is -0.0928. The first kappa shape index (κ1) is 21.5. The van der Waals surface area contributed by atoms with E-state index in [9.17, 15) is 22.8 Å². The molecular weight excluding hydrogens is 408 g/mol. The first-order valence-electron chi connectivity index (χ1n) is 8.92. The molecule has 0 aromatic heterocycles. The maximum absolute atomic E-state index is 15.5. The van der Waals surface area contributed by atoms with Crippen molar-refractivity contribution in [2.24, 2.45) is 5.41 Å². The second-order valence-corrected chi connectivity index (χ2v) is 6.60. The second-order valence-electron chi connectivity index (χ2n) is 6.60. The Balaban J connectivity index is 2.31. The molecule has 3 rings (SSSR count). The number of allylic oxidation sites excluding steroid dienone is 3. The molecule has 2 atom stereocenters. The van der Waals surface area contributed by atoms with Crippen LogP contribution < -0.4 is 0 Å². The summed E-state index contributed by atoms with van der Waals surface area (Å²) in [5.41, 5.74) is -4.12. The smallest absolute Gasteiger partial charge is 0.387 e. The zero-order valence-electron chi connectivity index (χ0n) is 15.6. The van der Waals surface area contributed by atoms with E-state index >= 15 is 8.78 Å². The van der Waals surface area contributed by atoms with Gasteiger partial charge in [-0.2, -0.15) is 14.0 Å². The van der Waals surface area contributed by atoms with E-state index in [4.69, 9.17) is 0 Å². The molecule has 0 spiro atoms. The Morgan fingerprint density at radius 3 is 2.33 bits per heavy atom. The second kappa shape index (κ2) is 8.27. The van der Waals surface area contributed by atoms with E-state index in [1.165, 1.54) is 37.3 Å². The Hall–Kier alpha value is -3.21. The predicted molar refractivity (Wildman–Crippen MR) is 98.2 cm³/mol. The van der Waals surface area contributed by atoms with E-state index in [0.717, 1.165) is 12.1 Å². The van der Waals surface area contributed by atoms with Gasteiger partial charge in [0.05, 0.1) is 11.6 Å². The molecule has 0 saturated carbocycles. The summed E-state index contributed by atoms with van der Waals surface area (Å²) in [7, 11) is 0. The number of hydrogen-bond acceptors (Lipinski definition) is 2. The number of nitriles is 1. The molecule has 0 saturated heterocycles. The summed E-state index contributed by atoms with van der Waals surface area (Å²) in [5.74, 6) is -4.48. The van der Waals surface area contributed by atoms with Crippen LogP contribution in [-0.4, -0.2) is 12.8 Å². The molecule has 8 heteroatoms. The lowest BCUT2D eigenvalue weighted by Crippen LogP contribution is -2.36. The van der Waals surface area contributed by atoms with Crippen molar-refractivity contribution < 1.29 is 31.1 Å². The highest BCUT2D eigenvalue weighted by Crippen LogP contribution is 2.49. The van der Waals surface area contributed by atoms with Gasteiger partial charge in [-0.15, -0.1) is 0 Å². The van der Waals surface area contributed by atoms with Crippen LogP contribution in [0.3, 0.4) is 0 Å². The van der Waals surface area contributed by atoms with Gasteiger partial charge in [0, 0.05) is 17.2 Å². The molecule has 30 heavy (non-hydrogen) atoms. The number of halogens is 6. The van der Waals surface area contributed by atoms with Crippen LogP contribution in [-0.2, 0) is 4.74 Å². The highest BCUT2D eigenvalue weighted by molar-refractivity contribution is 5.80. The standard InChI is InChI=1S/C22H15F6NO/c1-2-22(11-29)16(24)10-15(30-21(27)28)18(20(22)26)13-8-9-14(23)17(19(13)25)12-6-4-3-5-7-12/h3-10,20-21H,2H2,1H3. The highest BCUT2D eigenvalue weighted by atomic mass is 19.3. The summed E-state index contributed by atoms with van der Waals surface area (Å²) in [6, 6.07) is 10.7. The van der Waals surface area contributed by atoms with Gasteiger partial charge < -0.3 is 4.74 Å². The summed E-state index contributed by atoms with van der Waals surface area (Å²) in [6.07, 6.45) is -2.43. The third-order valence-electron chi connectivity index (χ3n) is 5.05. The molecule has 2 nitrogen and oxygen atoms in total. The maximum atomic E-state index is 15.5. The van der Waals surface area contributed by atoms with Gasteiger partial charge in [0.25, 0.3) is 0 Å². The molecule has 1 aliphatic rings. The van der Waals surface area contributed by atoms with E-state index in [1.54, 1.807) is 6.07 Å². The molecule has 0 N–H and O–H groups in total. The Morgan fingerprint density at radius 1 is 1.10 bits per heavy atom. The minimum absolute atomic E-state index is 0.126. The van der Waals surface area contributed by atoms with E-state index in [-0.39, 0.29) is 12.0 Å². The van der Waals surface area contributed by atoms with Crippen molar-refractivity contribution in [2.45, 2.75) is 26.1 Å². The molecule has 2 aromatic carbocycles. The van der Waals surface area contributed by atoms with Crippen LogP contribution in [0.25, 0.3) is 16.7 Å². The van der Waals surface area contributed by atoms with Gasteiger partial charge in [-0.3, -0.25) is 0 Å². The van der Waals surface area contributed by atoms with Crippen molar-refractivity contribution in [2.75, 3.05) is 0 Å². The van der Waals surface area contributed by atoms with Crippen molar-refractivity contribution in [3.63, 3.8) is 0 Å². The minimum Gasteiger partial charge on any atom is -0.434 e. The quantitative estimate of drug-likeness (QED) is 0.501. The Kier molecular flexibility index (Phi) is 5.92. The minimum atomic E-state index is -3.46. The van der Waals surface area contributed by atoms with Crippen LogP contribution in [0.4, 0.5) is 26.3 Å². The Labute approximate surface area is 168 Å². The highest BCUT2D eigenvalue weighted by Gasteiger charge is 2.50. The predicted octanol–water partition coefficient (Wildman–Crippen LogP) is 6.71. The fourth-order valence-corrected chi connectivity index (χ4v) is 3.44. The molecule has 0 heterocycles. The molecule has 156 valence electrons. The van der Waals surface area contributed by atoms with Crippen LogP contribution in [0.5, 0.6) is 0 Å². The first-order chi connectivity index (χ1) is 14.3. The van der Waals surface area contributed by atoms with Crippen molar-refractivity contribution in [1.29, 1.82) is 5.26 Å². The fraction of sp³-hybridized carbons (Fsp3) is 0.227. The lowest BCUT2D eigenvalue weighted by atomic mass is 9.72. The number of nitrogens with zero attached hydrogens (tertiary/aromatic N) is 1.